The number of aliphatic hydroxyl groups is 2. The summed E-state index contributed by atoms with van der Waals surface area (Å²) in [6, 6.07) is 19.8. The number of benzene rings is 3. The standard InChI is InChI=1S/C44H51ClN2O9Si/c1-43(2,3)57(6,7)56-44-31(37(47(4)5)39-35(41(44)52)42(46-55-39)54-24-26-16-12-9-13-17-26)19-27-18-30-34(38(50)33(27)40(44)51)32(53-23-25-14-10-8-11-15-25)20-29(36(30)45)28(21-48)22-49/h8-17,20,27-28,31,33,37,48-49H,18-19,21-24H2,1-7H3/t27-,31-,33?,37-,44-/m0/s1. The van der Waals surface area contributed by atoms with Crippen LogP contribution in [0.2, 0.25) is 23.2 Å². The molecule has 3 aliphatic rings. The molecular formula is C44H51ClN2O9Si. The third-order valence-electron chi connectivity index (χ3n) is 12.6. The van der Waals surface area contributed by atoms with E-state index in [2.05, 4.69) is 5.16 Å². The maximum absolute atomic E-state index is 15.8. The summed E-state index contributed by atoms with van der Waals surface area (Å²) in [7, 11) is 0.761. The zero-order valence-electron chi connectivity index (χ0n) is 33.5. The Balaban J connectivity index is 1.39. The van der Waals surface area contributed by atoms with Gasteiger partial charge in [-0.25, -0.2) is 0 Å². The third kappa shape index (κ3) is 6.97. The van der Waals surface area contributed by atoms with Crippen molar-refractivity contribution < 1.29 is 43.0 Å². The Morgan fingerprint density at radius 1 is 0.947 bits per heavy atom. The lowest BCUT2D eigenvalue weighted by atomic mass is 9.54. The maximum Gasteiger partial charge on any atom is 0.265 e. The van der Waals surface area contributed by atoms with Crippen molar-refractivity contribution in [2.24, 2.45) is 17.8 Å². The van der Waals surface area contributed by atoms with Crippen molar-refractivity contribution in [3.63, 3.8) is 0 Å². The van der Waals surface area contributed by atoms with E-state index < -0.39 is 66.0 Å². The third-order valence-corrected chi connectivity index (χ3v) is 17.5. The number of hydrogen-bond donors (Lipinski definition) is 2. The molecule has 0 aliphatic heterocycles. The number of nitrogens with zero attached hydrogens (tertiary/aromatic N) is 2. The molecule has 57 heavy (non-hydrogen) atoms. The fourth-order valence-electron chi connectivity index (χ4n) is 8.62. The number of carbonyl (C=O) groups is 3. The van der Waals surface area contributed by atoms with E-state index in [1.54, 1.807) is 6.07 Å². The molecule has 1 fully saturated rings. The average Bonchev–Trinajstić information content (AvgIpc) is 3.59. The zero-order chi connectivity index (χ0) is 41.0. The van der Waals surface area contributed by atoms with Crippen molar-refractivity contribution in [2.45, 2.75) is 82.5 Å². The lowest BCUT2D eigenvalue weighted by molar-refractivity contribution is -0.151. The molecular weight excluding hydrogens is 764 g/mol. The van der Waals surface area contributed by atoms with Gasteiger partial charge in [-0.1, -0.05) is 93.0 Å². The van der Waals surface area contributed by atoms with Crippen LogP contribution in [0.25, 0.3) is 0 Å². The van der Waals surface area contributed by atoms with Crippen molar-refractivity contribution in [2.75, 3.05) is 27.3 Å². The van der Waals surface area contributed by atoms with Gasteiger partial charge in [0.25, 0.3) is 5.88 Å². The van der Waals surface area contributed by atoms with Gasteiger partial charge in [0.05, 0.1) is 30.7 Å². The topological polar surface area (TPSA) is 149 Å². The van der Waals surface area contributed by atoms with E-state index in [1.807, 2.05) is 114 Å². The Kier molecular flexibility index (Phi) is 11.2. The van der Waals surface area contributed by atoms with Crippen LogP contribution in [0.4, 0.5) is 0 Å². The quantitative estimate of drug-likeness (QED) is 0.109. The number of ether oxygens (including phenoxy) is 2. The first kappa shape index (κ1) is 41.0. The number of ketones is 3. The van der Waals surface area contributed by atoms with Crippen LogP contribution in [0.5, 0.6) is 11.6 Å². The highest BCUT2D eigenvalue weighted by Gasteiger charge is 2.70. The summed E-state index contributed by atoms with van der Waals surface area (Å²) in [6.07, 6.45) is 0.459. The van der Waals surface area contributed by atoms with Crippen molar-refractivity contribution in [1.29, 1.82) is 0 Å². The lowest BCUT2D eigenvalue weighted by Crippen LogP contribution is -2.70. The highest BCUT2D eigenvalue weighted by molar-refractivity contribution is 6.74. The first-order valence-electron chi connectivity index (χ1n) is 19.5. The van der Waals surface area contributed by atoms with Gasteiger partial charge >= 0.3 is 0 Å². The molecule has 1 unspecified atom stereocenters. The van der Waals surface area contributed by atoms with E-state index in [9.17, 15) is 10.2 Å². The van der Waals surface area contributed by atoms with Gasteiger partial charge in [-0.2, -0.15) is 0 Å². The Bertz CT molecular complexity index is 2160. The normalized spacial score (nSPS) is 23.3. The van der Waals surface area contributed by atoms with Crippen LogP contribution in [0.3, 0.4) is 0 Å². The number of rotatable bonds is 12. The molecule has 3 aliphatic carbocycles. The summed E-state index contributed by atoms with van der Waals surface area (Å²) in [5.74, 6) is -4.59. The molecule has 4 aromatic rings. The summed E-state index contributed by atoms with van der Waals surface area (Å²) < 4.78 is 25.7. The molecule has 0 radical (unpaired) electrons. The van der Waals surface area contributed by atoms with Gasteiger partial charge in [0.2, 0.25) is 5.78 Å². The Labute approximate surface area is 339 Å². The predicted molar refractivity (Wildman–Crippen MR) is 216 cm³/mol. The number of aliphatic hydroxyl groups excluding tert-OH is 2. The van der Waals surface area contributed by atoms with Crippen LogP contribution in [-0.2, 0) is 28.9 Å². The Hall–Kier alpha value is -4.17. The first-order chi connectivity index (χ1) is 27.0. The molecule has 0 saturated heterocycles. The van der Waals surface area contributed by atoms with E-state index in [0.717, 1.165) is 11.1 Å². The summed E-state index contributed by atoms with van der Waals surface area (Å²) in [6.45, 7) is 9.57. The predicted octanol–water partition coefficient (Wildman–Crippen LogP) is 7.37. The lowest BCUT2D eigenvalue weighted by Gasteiger charge is -2.56. The number of carbonyl (C=O) groups excluding carboxylic acids is 3. The second kappa shape index (κ2) is 15.5. The Morgan fingerprint density at radius 3 is 2.11 bits per heavy atom. The van der Waals surface area contributed by atoms with E-state index in [-0.39, 0.29) is 72.8 Å². The largest absolute Gasteiger partial charge is 0.488 e. The molecule has 302 valence electrons. The van der Waals surface area contributed by atoms with Gasteiger partial charge < -0.3 is 28.6 Å². The van der Waals surface area contributed by atoms with Crippen LogP contribution in [0.15, 0.2) is 71.3 Å². The van der Waals surface area contributed by atoms with Gasteiger partial charge in [-0.05, 0) is 84.5 Å². The average molecular weight is 815 g/mol. The molecule has 0 bridgehead atoms. The highest BCUT2D eigenvalue weighted by atomic mass is 35.5. The Morgan fingerprint density at radius 2 is 1.54 bits per heavy atom. The molecule has 1 saturated carbocycles. The monoisotopic (exact) mass is 814 g/mol. The smallest absolute Gasteiger partial charge is 0.265 e. The molecule has 5 atom stereocenters. The summed E-state index contributed by atoms with van der Waals surface area (Å²) >= 11 is 7.12. The van der Waals surface area contributed by atoms with Gasteiger partial charge in [-0.15, -0.1) is 0 Å². The van der Waals surface area contributed by atoms with Crippen LogP contribution in [0.1, 0.15) is 87.9 Å². The van der Waals surface area contributed by atoms with Gasteiger partial charge in [0, 0.05) is 16.9 Å². The molecule has 7 rings (SSSR count). The number of hydrogen-bond acceptors (Lipinski definition) is 11. The second-order valence-corrected chi connectivity index (χ2v) is 22.4. The second-order valence-electron chi connectivity index (χ2n) is 17.3. The van der Waals surface area contributed by atoms with Crippen molar-refractivity contribution in [3.8, 4) is 11.6 Å². The zero-order valence-corrected chi connectivity index (χ0v) is 35.3. The molecule has 11 nitrogen and oxygen atoms in total. The van der Waals surface area contributed by atoms with Crippen molar-refractivity contribution in [1.82, 2.24) is 10.1 Å². The van der Waals surface area contributed by atoms with Crippen molar-refractivity contribution >= 4 is 37.3 Å². The SMILES string of the molecule is CN(C)[C@@H]1c2onc(OCc3ccccc3)c2C(=O)[C@@]2(O[Si](C)(C)C(C)(C)C)C(=O)C3C(=O)c4c(OCc5ccccc5)cc(C(CO)CO)c(Cl)c4C[C@H]3C[C@@H]12. The number of halogens is 1. The fraction of sp³-hybridized carbons (Fsp3) is 0.455. The highest BCUT2D eigenvalue weighted by Crippen LogP contribution is 2.59. The van der Waals surface area contributed by atoms with E-state index in [0.29, 0.717) is 11.1 Å². The number of fused-ring (bicyclic) bond motifs is 4. The van der Waals surface area contributed by atoms with Crippen molar-refractivity contribution in [3.05, 3.63) is 111 Å². The summed E-state index contributed by atoms with van der Waals surface area (Å²) in [4.78, 5) is 48.4. The van der Waals surface area contributed by atoms with Gasteiger partial charge in [0.15, 0.2) is 31.2 Å². The molecule has 13 heteroatoms. The van der Waals surface area contributed by atoms with Crippen LogP contribution >= 0.6 is 11.6 Å². The number of aromatic nitrogens is 1. The minimum Gasteiger partial charge on any atom is -0.488 e. The molecule has 1 heterocycles. The van der Waals surface area contributed by atoms with Gasteiger partial charge in [-0.3, -0.25) is 19.3 Å². The molecule has 1 aromatic heterocycles. The van der Waals surface area contributed by atoms with E-state index in [1.165, 1.54) is 0 Å². The molecule has 2 N–H and O–H groups in total. The minimum absolute atomic E-state index is 0.0316. The summed E-state index contributed by atoms with van der Waals surface area (Å²) in [5, 5.41) is 24.5. The van der Waals surface area contributed by atoms with E-state index >= 15 is 14.4 Å². The molecule has 3 aromatic carbocycles. The molecule has 0 spiro atoms. The van der Waals surface area contributed by atoms with E-state index in [4.69, 9.17) is 30.0 Å². The first-order valence-corrected chi connectivity index (χ1v) is 22.7. The van der Waals surface area contributed by atoms with Crippen LogP contribution in [-0.4, -0.2) is 78.8 Å². The van der Waals surface area contributed by atoms with Gasteiger partial charge in [0.1, 0.15) is 24.5 Å². The molecule has 0 amide bonds. The van der Waals surface area contributed by atoms with Crippen LogP contribution in [0, 0.1) is 17.8 Å². The van der Waals surface area contributed by atoms with Crippen LogP contribution < -0.4 is 9.47 Å². The maximum atomic E-state index is 15.8. The number of Topliss-reactive ketones (excluding diaryl/α,β-unsaturated/α-hetero) is 3. The summed E-state index contributed by atoms with van der Waals surface area (Å²) in [5.41, 5.74) is 0.779. The minimum atomic E-state index is -2.95. The fourth-order valence-corrected chi connectivity index (χ4v) is 10.5.